The fourth-order valence-corrected chi connectivity index (χ4v) is 4.72. The molecule has 0 atom stereocenters. The van der Waals surface area contributed by atoms with Gasteiger partial charge in [-0.15, -0.1) is 5.10 Å². The number of benzene rings is 1. The molecule has 1 N–H and O–H groups in total. The van der Waals surface area contributed by atoms with E-state index in [9.17, 15) is 36.3 Å². The second kappa shape index (κ2) is 10.9. The van der Waals surface area contributed by atoms with Gasteiger partial charge in [-0.2, -0.15) is 36.6 Å². The molecule has 17 heteroatoms. The zero-order chi connectivity index (χ0) is 30.3. The number of nitrogens with one attached hydrogen (secondary N) is 1. The Morgan fingerprint density at radius 2 is 1.74 bits per heavy atom. The van der Waals surface area contributed by atoms with E-state index in [2.05, 4.69) is 20.5 Å². The van der Waals surface area contributed by atoms with Crippen LogP contribution in [0.25, 0.3) is 17.2 Å². The summed E-state index contributed by atoms with van der Waals surface area (Å²) in [7, 11) is 0. The molecular formula is C25H24F5N9O3. The van der Waals surface area contributed by atoms with Crippen LogP contribution in [-0.4, -0.2) is 71.8 Å². The van der Waals surface area contributed by atoms with E-state index in [1.54, 1.807) is 16.7 Å². The lowest BCUT2D eigenvalue weighted by Gasteiger charge is -2.36. The molecule has 0 bridgehead atoms. The van der Waals surface area contributed by atoms with Gasteiger partial charge >= 0.3 is 12.7 Å². The lowest BCUT2D eigenvalue weighted by Crippen LogP contribution is -2.50. The first kappa shape index (κ1) is 28.7. The molecule has 12 nitrogen and oxygen atoms in total. The van der Waals surface area contributed by atoms with Gasteiger partial charge in [0.05, 0.1) is 17.3 Å². The maximum Gasteiger partial charge on any atom is 0.416 e. The molecule has 0 radical (unpaired) electrons. The predicted octanol–water partition coefficient (Wildman–Crippen LogP) is 2.78. The molecule has 4 aromatic rings. The average Bonchev–Trinajstić information content (AvgIpc) is 3.60. The summed E-state index contributed by atoms with van der Waals surface area (Å²) in [4.78, 5) is 46.2. The first-order valence-corrected chi connectivity index (χ1v) is 12.6. The Labute approximate surface area is 233 Å². The molecule has 1 saturated heterocycles. The van der Waals surface area contributed by atoms with Crippen LogP contribution >= 0.6 is 0 Å². The number of alkyl halides is 5. The van der Waals surface area contributed by atoms with Gasteiger partial charge in [0.1, 0.15) is 12.2 Å². The van der Waals surface area contributed by atoms with Gasteiger partial charge in [-0.3, -0.25) is 14.4 Å². The fourth-order valence-electron chi connectivity index (χ4n) is 4.72. The van der Waals surface area contributed by atoms with Gasteiger partial charge in [-0.1, -0.05) is 0 Å². The van der Waals surface area contributed by atoms with Crippen molar-refractivity contribution in [3.05, 3.63) is 58.3 Å². The molecule has 4 heterocycles. The number of carbonyl (C=O) groups is 2. The number of anilines is 2. The molecule has 5 rings (SSSR count). The molecule has 0 aliphatic carbocycles. The Morgan fingerprint density at radius 3 is 2.31 bits per heavy atom. The summed E-state index contributed by atoms with van der Waals surface area (Å²) in [6.45, 7) is 1.08. The zero-order valence-corrected chi connectivity index (χ0v) is 22.3. The largest absolute Gasteiger partial charge is 0.416 e. The van der Waals surface area contributed by atoms with Crippen molar-refractivity contribution in [1.82, 2.24) is 33.8 Å². The van der Waals surface area contributed by atoms with E-state index in [0.29, 0.717) is 36.6 Å². The van der Waals surface area contributed by atoms with Crippen molar-refractivity contribution in [1.29, 1.82) is 0 Å². The number of aromatic nitrogens is 6. The lowest BCUT2D eigenvalue weighted by atomic mass is 10.2. The van der Waals surface area contributed by atoms with Crippen LogP contribution in [0.2, 0.25) is 0 Å². The molecule has 222 valence electrons. The minimum absolute atomic E-state index is 0.0639. The van der Waals surface area contributed by atoms with E-state index < -0.39 is 36.3 Å². The molecule has 0 spiro atoms. The molecule has 1 aliphatic rings. The van der Waals surface area contributed by atoms with Crippen LogP contribution in [0.15, 0.2) is 41.5 Å². The van der Waals surface area contributed by atoms with Crippen LogP contribution < -0.4 is 15.8 Å². The van der Waals surface area contributed by atoms with Gasteiger partial charge in [0.15, 0.2) is 5.82 Å². The Balaban J connectivity index is 1.53. The van der Waals surface area contributed by atoms with Crippen molar-refractivity contribution in [3.63, 3.8) is 0 Å². The topological polar surface area (TPSA) is 123 Å². The van der Waals surface area contributed by atoms with Crippen molar-refractivity contribution in [2.75, 3.05) is 36.4 Å². The highest BCUT2D eigenvalue weighted by atomic mass is 19.4. The number of halogens is 5. The van der Waals surface area contributed by atoms with Crippen LogP contribution in [0.4, 0.5) is 33.3 Å². The summed E-state index contributed by atoms with van der Waals surface area (Å²) >= 11 is 0. The Hall–Kier alpha value is -4.83. The first-order chi connectivity index (χ1) is 19.8. The smallest absolute Gasteiger partial charge is 0.362 e. The quantitative estimate of drug-likeness (QED) is 0.341. The summed E-state index contributed by atoms with van der Waals surface area (Å²) in [5.74, 6) is -0.893. The number of amides is 2. The SMILES string of the molecule is CC(=O)N1CCN(c2c(C)n(CC(=O)Nc3ccc(C(F)(F)F)cc3)c3nc(-c4cnn(C(F)F)c4)nn3c2=O)CC1. The standard InChI is InChI=1S/C25H24F5N9O3/c1-14-20(36-9-7-35(8-10-36)15(2)40)22(42)39-24(33-21(34-39)16-11-31-38(12-16)23(26)27)37(14)13-19(41)32-18-5-3-17(4-6-18)25(28,29)30/h3-6,11-12,23H,7-10,13H2,1-2H3,(H,32,41). The number of carbonyl (C=O) groups excluding carboxylic acids is 2. The van der Waals surface area contributed by atoms with Gasteiger partial charge in [0.2, 0.25) is 17.6 Å². The highest BCUT2D eigenvalue weighted by Gasteiger charge is 2.30. The molecule has 3 aromatic heterocycles. The van der Waals surface area contributed by atoms with E-state index >= 15 is 0 Å². The summed E-state index contributed by atoms with van der Waals surface area (Å²) in [5.41, 5.74) is -0.683. The van der Waals surface area contributed by atoms with Crippen molar-refractivity contribution >= 4 is 29.0 Å². The highest BCUT2D eigenvalue weighted by molar-refractivity contribution is 5.91. The van der Waals surface area contributed by atoms with Crippen molar-refractivity contribution in [3.8, 4) is 11.4 Å². The van der Waals surface area contributed by atoms with E-state index in [1.807, 2.05) is 0 Å². The van der Waals surface area contributed by atoms with Crippen LogP contribution in [0.1, 0.15) is 24.7 Å². The normalized spacial score (nSPS) is 14.2. The Bertz CT molecular complexity index is 1700. The van der Waals surface area contributed by atoms with Crippen LogP contribution in [0, 0.1) is 6.92 Å². The van der Waals surface area contributed by atoms with E-state index in [1.165, 1.54) is 11.5 Å². The van der Waals surface area contributed by atoms with Gasteiger partial charge in [0, 0.05) is 50.7 Å². The third-order valence-corrected chi connectivity index (χ3v) is 6.87. The fraction of sp³-hybridized carbons (Fsp3) is 0.360. The Morgan fingerprint density at radius 1 is 1.07 bits per heavy atom. The minimum Gasteiger partial charge on any atom is -0.362 e. The molecule has 42 heavy (non-hydrogen) atoms. The zero-order valence-electron chi connectivity index (χ0n) is 22.3. The van der Waals surface area contributed by atoms with Crippen molar-refractivity contribution < 1.29 is 31.5 Å². The summed E-state index contributed by atoms with van der Waals surface area (Å²) in [6.07, 6.45) is -2.41. The molecule has 0 saturated carbocycles. The van der Waals surface area contributed by atoms with E-state index in [-0.39, 0.29) is 34.4 Å². The van der Waals surface area contributed by atoms with Gasteiger partial charge in [0.25, 0.3) is 5.56 Å². The number of hydrogen-bond donors (Lipinski definition) is 1. The lowest BCUT2D eigenvalue weighted by molar-refractivity contribution is -0.137. The van der Waals surface area contributed by atoms with Crippen LogP contribution in [-0.2, 0) is 22.3 Å². The second-order valence-electron chi connectivity index (χ2n) is 9.58. The molecule has 1 aliphatic heterocycles. The summed E-state index contributed by atoms with van der Waals surface area (Å²) in [5, 5.41) is 10.3. The third-order valence-electron chi connectivity index (χ3n) is 6.87. The maximum atomic E-state index is 13.7. The molecule has 0 unspecified atom stereocenters. The molecule has 1 aromatic carbocycles. The van der Waals surface area contributed by atoms with E-state index in [0.717, 1.165) is 41.2 Å². The van der Waals surface area contributed by atoms with Gasteiger partial charge < -0.3 is 19.7 Å². The van der Waals surface area contributed by atoms with E-state index in [4.69, 9.17) is 0 Å². The number of hydrogen-bond acceptors (Lipinski definition) is 7. The van der Waals surface area contributed by atoms with Gasteiger partial charge in [-0.05, 0) is 31.2 Å². The number of fused-ring (bicyclic) bond motifs is 1. The number of nitrogens with zero attached hydrogens (tertiary/aromatic N) is 8. The number of piperazine rings is 1. The molecule has 2 amide bonds. The van der Waals surface area contributed by atoms with Crippen LogP contribution in [0.3, 0.4) is 0 Å². The van der Waals surface area contributed by atoms with Crippen molar-refractivity contribution in [2.45, 2.75) is 33.1 Å². The summed E-state index contributed by atoms with van der Waals surface area (Å²) in [6, 6.07) is 3.90. The first-order valence-electron chi connectivity index (χ1n) is 12.6. The maximum absolute atomic E-state index is 13.7. The predicted molar refractivity (Wildman–Crippen MR) is 139 cm³/mol. The third kappa shape index (κ3) is 5.53. The molecular weight excluding hydrogens is 569 g/mol. The molecule has 1 fully saturated rings. The van der Waals surface area contributed by atoms with Crippen molar-refractivity contribution in [2.24, 2.45) is 0 Å². The van der Waals surface area contributed by atoms with Gasteiger partial charge in [-0.25, -0.2) is 4.68 Å². The average molecular weight is 594 g/mol. The highest BCUT2D eigenvalue weighted by Crippen LogP contribution is 2.30. The second-order valence-corrected chi connectivity index (χ2v) is 9.58. The summed E-state index contributed by atoms with van der Waals surface area (Å²) < 4.78 is 67.7. The Kier molecular flexibility index (Phi) is 7.42. The minimum atomic E-state index is -4.54. The monoisotopic (exact) mass is 593 g/mol. The number of rotatable bonds is 6. The van der Waals surface area contributed by atoms with Crippen LogP contribution in [0.5, 0.6) is 0 Å².